The van der Waals surface area contributed by atoms with Crippen molar-refractivity contribution in [3.8, 4) is 0 Å². The Bertz CT molecular complexity index is 346. The van der Waals surface area contributed by atoms with Crippen LogP contribution in [0.25, 0.3) is 0 Å². The van der Waals surface area contributed by atoms with Crippen LogP contribution in [0.1, 0.15) is 51.4 Å². The van der Waals surface area contributed by atoms with E-state index < -0.39 is 0 Å². The van der Waals surface area contributed by atoms with E-state index in [1.54, 1.807) is 0 Å². The van der Waals surface area contributed by atoms with Crippen LogP contribution in [0.15, 0.2) is 0 Å². The highest BCUT2D eigenvalue weighted by Crippen LogP contribution is 2.26. The van der Waals surface area contributed by atoms with Crippen molar-refractivity contribution < 1.29 is 9.59 Å². The van der Waals surface area contributed by atoms with Gasteiger partial charge in [-0.15, -0.1) is 12.4 Å². The smallest absolute Gasteiger partial charge is 0.225 e. The third-order valence-corrected chi connectivity index (χ3v) is 4.43. The SMILES string of the molecule is Cl.NCCCC(=O)NC1CCN(C(=O)C2CCCCC2)C1. The van der Waals surface area contributed by atoms with Gasteiger partial charge in [0.25, 0.3) is 0 Å². The van der Waals surface area contributed by atoms with E-state index in [0.717, 1.165) is 32.2 Å². The Kier molecular flexibility index (Phi) is 8.04. The van der Waals surface area contributed by atoms with Crippen LogP contribution in [-0.4, -0.2) is 42.4 Å². The molecule has 0 spiro atoms. The molecule has 2 aliphatic rings. The number of likely N-dealkylation sites (tertiary alicyclic amines) is 1. The van der Waals surface area contributed by atoms with Crippen LogP contribution in [0.2, 0.25) is 0 Å². The first-order chi connectivity index (χ1) is 9.70. The second-order valence-corrected chi connectivity index (χ2v) is 6.06. The molecule has 122 valence electrons. The molecule has 0 aromatic rings. The Balaban J connectivity index is 0.00000220. The Hall–Kier alpha value is -0.810. The Morgan fingerprint density at radius 3 is 2.52 bits per heavy atom. The lowest BCUT2D eigenvalue weighted by Crippen LogP contribution is -2.40. The monoisotopic (exact) mass is 317 g/mol. The number of rotatable bonds is 5. The molecule has 21 heavy (non-hydrogen) atoms. The molecule has 5 nitrogen and oxygen atoms in total. The normalized spacial score (nSPS) is 22.7. The average molecular weight is 318 g/mol. The number of nitrogens with one attached hydrogen (secondary N) is 1. The van der Waals surface area contributed by atoms with Crippen LogP contribution in [0, 0.1) is 5.92 Å². The van der Waals surface area contributed by atoms with Gasteiger partial charge >= 0.3 is 0 Å². The van der Waals surface area contributed by atoms with Crippen LogP contribution in [0.4, 0.5) is 0 Å². The molecule has 0 aromatic carbocycles. The van der Waals surface area contributed by atoms with Crippen molar-refractivity contribution in [3.05, 3.63) is 0 Å². The fourth-order valence-electron chi connectivity index (χ4n) is 3.25. The number of nitrogens with two attached hydrogens (primary N) is 1. The number of nitrogens with zero attached hydrogens (tertiary/aromatic N) is 1. The molecule has 2 fully saturated rings. The molecule has 0 bridgehead atoms. The maximum absolute atomic E-state index is 12.4. The third kappa shape index (κ3) is 5.47. The molecule has 3 N–H and O–H groups in total. The maximum atomic E-state index is 12.4. The van der Waals surface area contributed by atoms with Crippen molar-refractivity contribution in [2.24, 2.45) is 11.7 Å². The van der Waals surface area contributed by atoms with Gasteiger partial charge < -0.3 is 16.0 Å². The fourth-order valence-corrected chi connectivity index (χ4v) is 3.25. The molecule has 0 aromatic heterocycles. The zero-order valence-electron chi connectivity index (χ0n) is 12.7. The van der Waals surface area contributed by atoms with Gasteiger partial charge in [-0.3, -0.25) is 9.59 Å². The molecule has 1 heterocycles. The highest BCUT2D eigenvalue weighted by Gasteiger charge is 2.31. The van der Waals surface area contributed by atoms with E-state index in [1.165, 1.54) is 19.3 Å². The van der Waals surface area contributed by atoms with Crippen molar-refractivity contribution in [1.29, 1.82) is 0 Å². The third-order valence-electron chi connectivity index (χ3n) is 4.43. The van der Waals surface area contributed by atoms with Gasteiger partial charge in [-0.25, -0.2) is 0 Å². The molecule has 6 heteroatoms. The summed E-state index contributed by atoms with van der Waals surface area (Å²) in [5, 5.41) is 3.01. The summed E-state index contributed by atoms with van der Waals surface area (Å²) in [6.07, 6.45) is 7.82. The average Bonchev–Trinajstić information content (AvgIpc) is 2.93. The highest BCUT2D eigenvalue weighted by molar-refractivity contribution is 5.85. The van der Waals surface area contributed by atoms with Gasteiger partial charge in [-0.1, -0.05) is 19.3 Å². The summed E-state index contributed by atoms with van der Waals surface area (Å²) in [6, 6.07) is 0.132. The first-order valence-corrected chi connectivity index (χ1v) is 7.99. The minimum absolute atomic E-state index is 0. The molecular weight excluding hydrogens is 290 g/mol. The van der Waals surface area contributed by atoms with Crippen LogP contribution < -0.4 is 11.1 Å². The topological polar surface area (TPSA) is 75.4 Å². The van der Waals surface area contributed by atoms with Crippen molar-refractivity contribution >= 4 is 24.2 Å². The van der Waals surface area contributed by atoms with Crippen molar-refractivity contribution in [2.45, 2.75) is 57.4 Å². The lowest BCUT2D eigenvalue weighted by molar-refractivity contribution is -0.135. The van der Waals surface area contributed by atoms with Gasteiger partial charge in [-0.2, -0.15) is 0 Å². The lowest BCUT2D eigenvalue weighted by atomic mass is 9.88. The molecule has 1 aliphatic heterocycles. The van der Waals surface area contributed by atoms with E-state index in [4.69, 9.17) is 5.73 Å². The zero-order chi connectivity index (χ0) is 14.4. The molecule has 0 radical (unpaired) electrons. The largest absolute Gasteiger partial charge is 0.352 e. The molecule has 2 rings (SSSR count). The summed E-state index contributed by atoms with van der Waals surface area (Å²) < 4.78 is 0. The van der Waals surface area contributed by atoms with Gasteiger partial charge in [0.05, 0.1) is 0 Å². The van der Waals surface area contributed by atoms with E-state index in [-0.39, 0.29) is 30.3 Å². The Morgan fingerprint density at radius 2 is 1.86 bits per heavy atom. The number of carbonyl (C=O) groups excluding carboxylic acids is 2. The van der Waals surface area contributed by atoms with Gasteiger partial charge in [0.15, 0.2) is 0 Å². The quantitative estimate of drug-likeness (QED) is 0.805. The van der Waals surface area contributed by atoms with Crippen molar-refractivity contribution in [2.75, 3.05) is 19.6 Å². The number of hydrogen-bond donors (Lipinski definition) is 2. The molecule has 1 saturated carbocycles. The molecule has 1 atom stereocenters. The number of carbonyl (C=O) groups is 2. The summed E-state index contributed by atoms with van der Waals surface area (Å²) in [4.78, 5) is 26.0. The standard InChI is InChI=1S/C15H27N3O2.ClH/c16-9-4-7-14(19)17-13-8-10-18(11-13)15(20)12-5-2-1-3-6-12;/h12-13H,1-11,16H2,(H,17,19);1H. The fraction of sp³-hybridized carbons (Fsp3) is 0.867. The van der Waals surface area contributed by atoms with Crippen molar-refractivity contribution in [1.82, 2.24) is 10.2 Å². The summed E-state index contributed by atoms with van der Waals surface area (Å²) in [5.41, 5.74) is 5.40. The summed E-state index contributed by atoms with van der Waals surface area (Å²) in [7, 11) is 0. The predicted octanol–water partition coefficient (Wildman–Crippen LogP) is 1.44. The summed E-state index contributed by atoms with van der Waals surface area (Å²) >= 11 is 0. The molecule has 1 unspecified atom stereocenters. The first kappa shape index (κ1) is 18.2. The number of hydrogen-bond acceptors (Lipinski definition) is 3. The van der Waals surface area contributed by atoms with Gasteiger partial charge in [0, 0.05) is 31.5 Å². The Labute approximate surface area is 133 Å². The van der Waals surface area contributed by atoms with E-state index in [0.29, 0.717) is 25.4 Å². The van der Waals surface area contributed by atoms with Crippen LogP contribution in [-0.2, 0) is 9.59 Å². The summed E-state index contributed by atoms with van der Waals surface area (Å²) in [6.45, 7) is 2.02. The minimum Gasteiger partial charge on any atom is -0.352 e. The van der Waals surface area contributed by atoms with Gasteiger partial charge in [-0.05, 0) is 32.2 Å². The Morgan fingerprint density at radius 1 is 1.14 bits per heavy atom. The molecule has 1 aliphatic carbocycles. The number of halogens is 1. The zero-order valence-corrected chi connectivity index (χ0v) is 13.5. The second kappa shape index (κ2) is 9.26. The van der Waals surface area contributed by atoms with Crippen molar-refractivity contribution in [3.63, 3.8) is 0 Å². The van der Waals surface area contributed by atoms with Crippen LogP contribution in [0.3, 0.4) is 0 Å². The van der Waals surface area contributed by atoms with E-state index in [2.05, 4.69) is 5.32 Å². The highest BCUT2D eigenvalue weighted by atomic mass is 35.5. The van der Waals surface area contributed by atoms with E-state index >= 15 is 0 Å². The van der Waals surface area contributed by atoms with Gasteiger partial charge in [0.2, 0.25) is 11.8 Å². The molecular formula is C15H28ClN3O2. The first-order valence-electron chi connectivity index (χ1n) is 7.99. The van der Waals surface area contributed by atoms with E-state index in [1.807, 2.05) is 4.90 Å². The lowest BCUT2D eigenvalue weighted by Gasteiger charge is -2.26. The van der Waals surface area contributed by atoms with E-state index in [9.17, 15) is 9.59 Å². The molecule has 1 saturated heterocycles. The summed E-state index contributed by atoms with van der Waals surface area (Å²) in [5.74, 6) is 0.603. The van der Waals surface area contributed by atoms with Gasteiger partial charge in [0.1, 0.15) is 0 Å². The second-order valence-electron chi connectivity index (χ2n) is 6.06. The molecule has 2 amide bonds. The minimum atomic E-state index is 0. The van der Waals surface area contributed by atoms with Crippen LogP contribution >= 0.6 is 12.4 Å². The number of amides is 2. The predicted molar refractivity (Wildman–Crippen MR) is 85.2 cm³/mol. The maximum Gasteiger partial charge on any atom is 0.225 e. The van der Waals surface area contributed by atoms with Crippen LogP contribution in [0.5, 0.6) is 0 Å².